The van der Waals surface area contributed by atoms with Crippen LogP contribution < -0.4 is 0 Å². The second-order valence-corrected chi connectivity index (χ2v) is 2.16. The first kappa shape index (κ1) is 10.1. The van der Waals surface area contributed by atoms with Crippen LogP contribution in [0.25, 0.3) is 0 Å². The van der Waals surface area contributed by atoms with Crippen molar-refractivity contribution in [2.75, 3.05) is 13.2 Å². The SMILES string of the molecule is C=COCCOC(=O)C(=C)S. The Morgan fingerprint density at radius 2 is 2.18 bits per heavy atom. The van der Waals surface area contributed by atoms with E-state index in [9.17, 15) is 4.79 Å². The minimum absolute atomic E-state index is 0.0867. The van der Waals surface area contributed by atoms with Crippen LogP contribution >= 0.6 is 12.6 Å². The fourth-order valence-corrected chi connectivity index (χ4v) is 0.414. The molecule has 0 amide bonds. The molecule has 0 fully saturated rings. The van der Waals surface area contributed by atoms with Gasteiger partial charge in [-0.25, -0.2) is 4.79 Å². The lowest BCUT2D eigenvalue weighted by Gasteiger charge is -2.02. The van der Waals surface area contributed by atoms with Crippen molar-refractivity contribution in [1.82, 2.24) is 0 Å². The molecule has 0 heterocycles. The maximum Gasteiger partial charge on any atom is 0.343 e. The quantitative estimate of drug-likeness (QED) is 0.223. The average Bonchev–Trinajstić information content (AvgIpc) is 1.97. The number of thiol groups is 1. The maximum atomic E-state index is 10.6. The lowest BCUT2D eigenvalue weighted by atomic mass is 10.6. The van der Waals surface area contributed by atoms with Crippen molar-refractivity contribution in [2.24, 2.45) is 0 Å². The topological polar surface area (TPSA) is 35.5 Å². The van der Waals surface area contributed by atoms with E-state index in [4.69, 9.17) is 4.74 Å². The molecule has 0 bridgehead atoms. The highest BCUT2D eigenvalue weighted by molar-refractivity contribution is 7.85. The largest absolute Gasteiger partial charge is 0.498 e. The van der Waals surface area contributed by atoms with Gasteiger partial charge in [0, 0.05) is 0 Å². The maximum absolute atomic E-state index is 10.6. The molecular formula is C7H10O3S. The Bertz CT molecular complexity index is 165. The Morgan fingerprint density at radius 3 is 2.64 bits per heavy atom. The summed E-state index contributed by atoms with van der Waals surface area (Å²) in [5, 5.41) is 0. The summed E-state index contributed by atoms with van der Waals surface area (Å²) in [5.41, 5.74) is 0. The molecule has 3 nitrogen and oxygen atoms in total. The zero-order valence-electron chi connectivity index (χ0n) is 6.08. The molecular weight excluding hydrogens is 164 g/mol. The van der Waals surface area contributed by atoms with E-state index in [-0.39, 0.29) is 11.5 Å². The van der Waals surface area contributed by atoms with E-state index in [1.807, 2.05) is 0 Å². The summed E-state index contributed by atoms with van der Waals surface area (Å²) in [6.45, 7) is 7.09. The van der Waals surface area contributed by atoms with Gasteiger partial charge in [-0.3, -0.25) is 0 Å². The van der Waals surface area contributed by atoms with E-state index >= 15 is 0 Å². The highest BCUT2D eigenvalue weighted by Crippen LogP contribution is 1.97. The number of rotatable bonds is 5. The lowest BCUT2D eigenvalue weighted by molar-refractivity contribution is -0.139. The second-order valence-electron chi connectivity index (χ2n) is 1.62. The Hall–Kier alpha value is -0.900. The predicted molar refractivity (Wildman–Crippen MR) is 45.2 cm³/mol. The predicted octanol–water partition coefficient (Wildman–Crippen LogP) is 1.13. The zero-order chi connectivity index (χ0) is 8.69. The number of carbonyl (C=O) groups is 1. The molecule has 0 aliphatic heterocycles. The molecule has 11 heavy (non-hydrogen) atoms. The van der Waals surface area contributed by atoms with Crippen molar-refractivity contribution in [3.63, 3.8) is 0 Å². The van der Waals surface area contributed by atoms with Gasteiger partial charge in [-0.2, -0.15) is 0 Å². The minimum Gasteiger partial charge on any atom is -0.498 e. The summed E-state index contributed by atoms with van der Waals surface area (Å²) in [6.07, 6.45) is 1.28. The molecule has 0 radical (unpaired) electrons. The summed E-state index contributed by atoms with van der Waals surface area (Å²) in [7, 11) is 0. The van der Waals surface area contributed by atoms with Crippen LogP contribution in [0.3, 0.4) is 0 Å². The summed E-state index contributed by atoms with van der Waals surface area (Å²) in [6, 6.07) is 0. The van der Waals surface area contributed by atoms with Crippen molar-refractivity contribution >= 4 is 18.6 Å². The van der Waals surface area contributed by atoms with Gasteiger partial charge in [0.25, 0.3) is 0 Å². The molecule has 0 N–H and O–H groups in total. The normalized spacial score (nSPS) is 8.45. The second kappa shape index (κ2) is 5.85. The van der Waals surface area contributed by atoms with Crippen LogP contribution in [0, 0.1) is 0 Å². The molecule has 0 atom stereocenters. The van der Waals surface area contributed by atoms with Crippen LogP contribution in [0.1, 0.15) is 0 Å². The Kier molecular flexibility index (Phi) is 5.37. The van der Waals surface area contributed by atoms with Crippen molar-refractivity contribution < 1.29 is 14.3 Å². The molecule has 0 spiro atoms. The van der Waals surface area contributed by atoms with E-state index in [1.165, 1.54) is 6.26 Å². The van der Waals surface area contributed by atoms with Crippen LogP contribution in [0.15, 0.2) is 24.3 Å². The molecule has 0 aliphatic carbocycles. The Balaban J connectivity index is 3.31. The zero-order valence-corrected chi connectivity index (χ0v) is 6.97. The molecule has 62 valence electrons. The van der Waals surface area contributed by atoms with Crippen LogP contribution in [-0.4, -0.2) is 19.2 Å². The summed E-state index contributed by atoms with van der Waals surface area (Å²) >= 11 is 3.69. The van der Waals surface area contributed by atoms with Crippen molar-refractivity contribution in [3.05, 3.63) is 24.3 Å². The molecule has 0 aromatic carbocycles. The molecule has 0 aromatic rings. The first-order chi connectivity index (χ1) is 5.18. The average molecular weight is 174 g/mol. The van der Waals surface area contributed by atoms with Gasteiger partial charge in [-0.05, 0) is 0 Å². The van der Waals surface area contributed by atoms with Crippen LogP contribution in [-0.2, 0) is 14.3 Å². The Labute approximate surface area is 71.1 Å². The van der Waals surface area contributed by atoms with Crippen LogP contribution in [0.2, 0.25) is 0 Å². The Morgan fingerprint density at radius 1 is 1.55 bits per heavy atom. The van der Waals surface area contributed by atoms with E-state index in [0.29, 0.717) is 6.61 Å². The summed E-state index contributed by atoms with van der Waals surface area (Å²) in [4.78, 5) is 10.7. The molecule has 4 heteroatoms. The molecule has 0 saturated carbocycles. The number of hydrogen-bond donors (Lipinski definition) is 1. The van der Waals surface area contributed by atoms with Crippen molar-refractivity contribution in [3.8, 4) is 0 Å². The van der Waals surface area contributed by atoms with Gasteiger partial charge < -0.3 is 9.47 Å². The van der Waals surface area contributed by atoms with Crippen LogP contribution in [0.5, 0.6) is 0 Å². The smallest absolute Gasteiger partial charge is 0.343 e. The molecule has 0 aliphatic rings. The first-order valence-corrected chi connectivity index (χ1v) is 3.40. The van der Waals surface area contributed by atoms with Gasteiger partial charge in [0.15, 0.2) is 0 Å². The number of carbonyl (C=O) groups excluding carboxylic acids is 1. The van der Waals surface area contributed by atoms with E-state index in [2.05, 4.69) is 30.5 Å². The van der Waals surface area contributed by atoms with Gasteiger partial charge in [0.1, 0.15) is 13.2 Å². The standard InChI is InChI=1S/C7H10O3S/c1-3-9-4-5-10-7(8)6(2)11/h3,11H,1-2,4-5H2. The molecule has 0 saturated heterocycles. The van der Waals surface area contributed by atoms with E-state index in [0.717, 1.165) is 0 Å². The van der Waals surface area contributed by atoms with Gasteiger partial charge in [0.2, 0.25) is 0 Å². The monoisotopic (exact) mass is 174 g/mol. The molecule has 0 aromatic heterocycles. The highest BCUT2D eigenvalue weighted by atomic mass is 32.1. The number of ether oxygens (including phenoxy) is 2. The fourth-order valence-electron chi connectivity index (χ4n) is 0.349. The van der Waals surface area contributed by atoms with E-state index in [1.54, 1.807) is 0 Å². The van der Waals surface area contributed by atoms with Crippen molar-refractivity contribution in [2.45, 2.75) is 0 Å². The number of esters is 1. The third-order valence-corrected chi connectivity index (χ3v) is 0.970. The molecule has 0 rings (SSSR count). The van der Waals surface area contributed by atoms with Gasteiger partial charge in [0.05, 0.1) is 11.2 Å². The van der Waals surface area contributed by atoms with Crippen molar-refractivity contribution in [1.29, 1.82) is 0 Å². The van der Waals surface area contributed by atoms with E-state index < -0.39 is 5.97 Å². The minimum atomic E-state index is -0.527. The first-order valence-electron chi connectivity index (χ1n) is 2.96. The fraction of sp³-hybridized carbons (Fsp3) is 0.286. The molecule has 0 unspecified atom stereocenters. The van der Waals surface area contributed by atoms with Gasteiger partial charge in [-0.1, -0.05) is 13.2 Å². The summed E-state index contributed by atoms with van der Waals surface area (Å²) < 4.78 is 9.31. The summed E-state index contributed by atoms with van der Waals surface area (Å²) in [5.74, 6) is -0.527. The lowest BCUT2D eigenvalue weighted by Crippen LogP contribution is -2.08. The van der Waals surface area contributed by atoms with Crippen LogP contribution in [0.4, 0.5) is 0 Å². The van der Waals surface area contributed by atoms with Gasteiger partial charge >= 0.3 is 5.97 Å². The van der Waals surface area contributed by atoms with Gasteiger partial charge in [-0.15, -0.1) is 12.6 Å². The highest BCUT2D eigenvalue weighted by Gasteiger charge is 2.01. The third-order valence-electron chi connectivity index (χ3n) is 0.788. The number of hydrogen-bond acceptors (Lipinski definition) is 4. The third kappa shape index (κ3) is 5.54.